The maximum absolute atomic E-state index is 12.9. The van der Waals surface area contributed by atoms with Crippen molar-refractivity contribution in [2.24, 2.45) is 0 Å². The predicted molar refractivity (Wildman–Crippen MR) is 109 cm³/mol. The largest absolute Gasteiger partial charge is 0.449 e. The van der Waals surface area contributed by atoms with Gasteiger partial charge in [-0.25, -0.2) is 9.18 Å². The zero-order valence-corrected chi connectivity index (χ0v) is 16.2. The van der Waals surface area contributed by atoms with Gasteiger partial charge in [-0.05, 0) is 60.8 Å². The molecule has 0 unspecified atom stereocenters. The number of amides is 2. The molecule has 6 nitrogen and oxygen atoms in total. The maximum Gasteiger partial charge on any atom is 0.338 e. The summed E-state index contributed by atoms with van der Waals surface area (Å²) >= 11 is 1.30. The Hall–Kier alpha value is -3.52. The summed E-state index contributed by atoms with van der Waals surface area (Å²) in [4.78, 5) is 37.2. The van der Waals surface area contributed by atoms with Gasteiger partial charge in [0.15, 0.2) is 6.10 Å². The molecular weight excluding hydrogens is 395 g/mol. The number of rotatable bonds is 6. The summed E-state index contributed by atoms with van der Waals surface area (Å²) in [5.41, 5.74) is 1.01. The molecule has 0 aliphatic heterocycles. The number of carbonyl (C=O) groups excluding carboxylic acids is 3. The molecule has 0 fully saturated rings. The van der Waals surface area contributed by atoms with Gasteiger partial charge in [0, 0.05) is 11.4 Å². The lowest BCUT2D eigenvalue weighted by molar-refractivity contribution is -0.123. The SMILES string of the molecule is C[C@@H](OC(=O)c1cccc(NC(=O)c2cccs2)c1)C(=O)Nc1ccc(F)cc1. The van der Waals surface area contributed by atoms with Crippen molar-refractivity contribution in [3.63, 3.8) is 0 Å². The molecular formula is C21H17FN2O4S. The molecule has 1 heterocycles. The van der Waals surface area contributed by atoms with E-state index in [0.717, 1.165) is 0 Å². The van der Waals surface area contributed by atoms with Gasteiger partial charge in [0.1, 0.15) is 5.82 Å². The Kier molecular flexibility index (Phi) is 6.36. The fraction of sp³-hybridized carbons (Fsp3) is 0.0952. The van der Waals surface area contributed by atoms with Crippen LogP contribution in [0.15, 0.2) is 66.0 Å². The summed E-state index contributed by atoms with van der Waals surface area (Å²) in [6, 6.07) is 14.9. The van der Waals surface area contributed by atoms with Crippen molar-refractivity contribution in [3.8, 4) is 0 Å². The summed E-state index contributed by atoms with van der Waals surface area (Å²) < 4.78 is 18.1. The van der Waals surface area contributed by atoms with Crippen molar-refractivity contribution in [1.82, 2.24) is 0 Å². The van der Waals surface area contributed by atoms with E-state index < -0.39 is 23.8 Å². The Bertz CT molecular complexity index is 1020. The van der Waals surface area contributed by atoms with Crippen LogP contribution in [0.1, 0.15) is 27.0 Å². The van der Waals surface area contributed by atoms with Gasteiger partial charge in [-0.2, -0.15) is 0 Å². The van der Waals surface area contributed by atoms with Crippen LogP contribution in [0.25, 0.3) is 0 Å². The molecule has 0 bridgehead atoms. The van der Waals surface area contributed by atoms with Crippen molar-refractivity contribution < 1.29 is 23.5 Å². The summed E-state index contributed by atoms with van der Waals surface area (Å²) in [6.07, 6.45) is -1.07. The molecule has 1 atom stereocenters. The zero-order chi connectivity index (χ0) is 20.8. The molecule has 0 saturated carbocycles. The Labute approximate surface area is 170 Å². The summed E-state index contributed by atoms with van der Waals surface area (Å²) in [6.45, 7) is 1.43. The minimum absolute atomic E-state index is 0.190. The van der Waals surface area contributed by atoms with Crippen LogP contribution in [0.3, 0.4) is 0 Å². The monoisotopic (exact) mass is 412 g/mol. The lowest BCUT2D eigenvalue weighted by atomic mass is 10.2. The summed E-state index contributed by atoms with van der Waals surface area (Å²) in [7, 11) is 0. The highest BCUT2D eigenvalue weighted by Crippen LogP contribution is 2.16. The van der Waals surface area contributed by atoms with Crippen LogP contribution in [0.5, 0.6) is 0 Å². The lowest BCUT2D eigenvalue weighted by Gasteiger charge is -2.14. The fourth-order valence-corrected chi connectivity index (χ4v) is 3.00. The number of nitrogens with one attached hydrogen (secondary N) is 2. The zero-order valence-electron chi connectivity index (χ0n) is 15.3. The van der Waals surface area contributed by atoms with E-state index in [1.165, 1.54) is 54.7 Å². The van der Waals surface area contributed by atoms with Crippen molar-refractivity contribution in [2.75, 3.05) is 10.6 Å². The van der Waals surface area contributed by atoms with Crippen LogP contribution in [0.4, 0.5) is 15.8 Å². The van der Waals surface area contributed by atoms with Gasteiger partial charge < -0.3 is 15.4 Å². The smallest absolute Gasteiger partial charge is 0.338 e. The average molecular weight is 412 g/mol. The third-order valence-electron chi connectivity index (χ3n) is 3.87. The Balaban J connectivity index is 1.60. The molecule has 2 N–H and O–H groups in total. The molecule has 3 aromatic rings. The van der Waals surface area contributed by atoms with E-state index in [2.05, 4.69) is 10.6 Å². The minimum atomic E-state index is -1.07. The second kappa shape index (κ2) is 9.11. The molecule has 0 aliphatic carbocycles. The Morgan fingerprint density at radius 1 is 0.966 bits per heavy atom. The molecule has 0 radical (unpaired) electrons. The Morgan fingerprint density at radius 2 is 1.72 bits per heavy atom. The number of esters is 1. The van der Waals surface area contributed by atoms with E-state index in [0.29, 0.717) is 16.3 Å². The van der Waals surface area contributed by atoms with Crippen LogP contribution < -0.4 is 10.6 Å². The second-order valence-corrected chi connectivity index (χ2v) is 7.00. The van der Waals surface area contributed by atoms with Crippen molar-refractivity contribution in [1.29, 1.82) is 0 Å². The molecule has 0 saturated heterocycles. The first-order valence-corrected chi connectivity index (χ1v) is 9.52. The number of carbonyl (C=O) groups is 3. The highest BCUT2D eigenvalue weighted by Gasteiger charge is 2.19. The molecule has 1 aromatic heterocycles. The highest BCUT2D eigenvalue weighted by atomic mass is 32.1. The molecule has 0 aliphatic rings. The van der Waals surface area contributed by atoms with Gasteiger partial charge in [0.2, 0.25) is 0 Å². The molecule has 2 aromatic carbocycles. The van der Waals surface area contributed by atoms with Gasteiger partial charge >= 0.3 is 5.97 Å². The molecule has 29 heavy (non-hydrogen) atoms. The van der Waals surface area contributed by atoms with E-state index in [1.54, 1.807) is 29.6 Å². The Morgan fingerprint density at radius 3 is 2.41 bits per heavy atom. The highest BCUT2D eigenvalue weighted by molar-refractivity contribution is 7.12. The van der Waals surface area contributed by atoms with Crippen LogP contribution in [0.2, 0.25) is 0 Å². The molecule has 2 amide bonds. The van der Waals surface area contributed by atoms with Crippen LogP contribution in [0, 0.1) is 5.82 Å². The number of halogens is 1. The van der Waals surface area contributed by atoms with E-state index in [-0.39, 0.29) is 11.5 Å². The standard InChI is InChI=1S/C21H17FN2O4S/c1-13(19(25)23-16-9-7-15(22)8-10-16)28-21(27)14-4-2-5-17(12-14)24-20(26)18-6-3-11-29-18/h2-13H,1H3,(H,23,25)(H,24,26)/t13-/m1/s1. The number of benzene rings is 2. The molecule has 148 valence electrons. The average Bonchev–Trinajstić information content (AvgIpc) is 3.25. The number of ether oxygens (including phenoxy) is 1. The van der Waals surface area contributed by atoms with Gasteiger partial charge in [-0.15, -0.1) is 11.3 Å². The number of anilines is 2. The minimum Gasteiger partial charge on any atom is -0.449 e. The van der Waals surface area contributed by atoms with Crippen LogP contribution in [-0.4, -0.2) is 23.9 Å². The maximum atomic E-state index is 12.9. The molecule has 8 heteroatoms. The number of thiophene rings is 1. The summed E-state index contributed by atoms with van der Waals surface area (Å²) in [5.74, 6) is -1.96. The molecule has 0 spiro atoms. The van der Waals surface area contributed by atoms with Crippen LogP contribution in [-0.2, 0) is 9.53 Å². The third-order valence-corrected chi connectivity index (χ3v) is 4.73. The molecule has 3 rings (SSSR count). The van der Waals surface area contributed by atoms with Crippen molar-refractivity contribution in [3.05, 3.63) is 82.3 Å². The fourth-order valence-electron chi connectivity index (χ4n) is 2.38. The third kappa shape index (κ3) is 5.49. The topological polar surface area (TPSA) is 84.5 Å². The van der Waals surface area contributed by atoms with E-state index in [9.17, 15) is 18.8 Å². The van der Waals surface area contributed by atoms with Crippen molar-refractivity contribution >= 4 is 40.5 Å². The van der Waals surface area contributed by atoms with Crippen LogP contribution >= 0.6 is 11.3 Å². The van der Waals surface area contributed by atoms with Crippen molar-refractivity contribution in [2.45, 2.75) is 13.0 Å². The normalized spacial score (nSPS) is 11.4. The first kappa shape index (κ1) is 20.2. The van der Waals surface area contributed by atoms with E-state index in [4.69, 9.17) is 4.74 Å². The quantitative estimate of drug-likeness (QED) is 0.591. The lowest BCUT2D eigenvalue weighted by Crippen LogP contribution is -2.30. The first-order chi connectivity index (χ1) is 13.9. The van der Waals surface area contributed by atoms with Gasteiger partial charge in [-0.3, -0.25) is 9.59 Å². The number of hydrogen-bond acceptors (Lipinski definition) is 5. The number of hydrogen-bond donors (Lipinski definition) is 2. The second-order valence-electron chi connectivity index (χ2n) is 6.06. The van der Waals surface area contributed by atoms with E-state index >= 15 is 0 Å². The predicted octanol–water partition coefficient (Wildman–Crippen LogP) is 4.32. The van der Waals surface area contributed by atoms with Gasteiger partial charge in [0.05, 0.1) is 10.4 Å². The van der Waals surface area contributed by atoms with Gasteiger partial charge in [-0.1, -0.05) is 12.1 Å². The van der Waals surface area contributed by atoms with Gasteiger partial charge in [0.25, 0.3) is 11.8 Å². The van der Waals surface area contributed by atoms with E-state index in [1.807, 2.05) is 0 Å². The first-order valence-electron chi connectivity index (χ1n) is 8.65. The summed E-state index contributed by atoms with van der Waals surface area (Å²) in [5, 5.41) is 7.04.